The van der Waals surface area contributed by atoms with Crippen LogP contribution in [0, 0.1) is 6.61 Å². The van der Waals surface area contributed by atoms with Crippen LogP contribution in [0.3, 0.4) is 0 Å². The first-order valence-electron chi connectivity index (χ1n) is 1.64. The third-order valence-electron chi connectivity index (χ3n) is 0.498. The average Bonchev–Trinajstić information content (AvgIpc) is 1.87. The minimum absolute atomic E-state index is 0.130. The van der Waals surface area contributed by atoms with E-state index in [0.29, 0.717) is 0 Å². The normalized spacial score (nSPS) is 18.9. The summed E-state index contributed by atoms with van der Waals surface area (Å²) < 4.78 is 4.41. The van der Waals surface area contributed by atoms with Crippen LogP contribution in [-0.2, 0) is 9.53 Å². The van der Waals surface area contributed by atoms with Crippen molar-refractivity contribution in [2.45, 2.75) is 0 Å². The molecule has 1 radical (unpaired) electrons. The van der Waals surface area contributed by atoms with Gasteiger partial charge in [-0.2, -0.15) is 0 Å². The molecule has 0 spiro atoms. The van der Waals surface area contributed by atoms with Gasteiger partial charge in [-0.3, -0.25) is 10.1 Å². The van der Waals surface area contributed by atoms with Crippen LogP contribution in [0.2, 0.25) is 0 Å². The fourth-order valence-electron chi connectivity index (χ4n) is 0.267. The zero-order valence-corrected chi connectivity index (χ0v) is 4.12. The fourth-order valence-corrected chi connectivity index (χ4v) is 0.415. The van der Waals surface area contributed by atoms with Crippen molar-refractivity contribution in [2.75, 3.05) is 0 Å². The first-order valence-corrected chi connectivity index (χ1v) is 2.04. The lowest BCUT2D eigenvalue weighted by molar-refractivity contribution is -0.116. The van der Waals surface area contributed by atoms with Gasteiger partial charge >= 0.3 is 0 Å². The second-order valence-electron chi connectivity index (χ2n) is 1.01. The molecule has 0 unspecified atom stereocenters. The molecule has 1 fully saturated rings. The summed E-state index contributed by atoms with van der Waals surface area (Å²) in [5.74, 6) is -0.287. The van der Waals surface area contributed by atoms with Crippen LogP contribution in [0.25, 0.3) is 0 Å². The molecule has 37 valence electrons. The molecular weight excluding hydrogens is 114 g/mol. The number of hydrogen-bond donors (Lipinski definition) is 1. The van der Waals surface area contributed by atoms with Crippen LogP contribution in [0.5, 0.6) is 0 Å². The second-order valence-corrected chi connectivity index (χ2v) is 1.38. The summed E-state index contributed by atoms with van der Waals surface area (Å²) in [6.07, 6.45) is 0. The Morgan fingerprint density at radius 1 is 1.86 bits per heavy atom. The molecule has 0 bridgehead atoms. The van der Waals surface area contributed by atoms with Crippen LogP contribution >= 0.6 is 12.2 Å². The summed E-state index contributed by atoms with van der Waals surface area (Å²) in [7, 11) is 0. The van der Waals surface area contributed by atoms with E-state index in [2.05, 4.69) is 22.3 Å². The van der Waals surface area contributed by atoms with Crippen molar-refractivity contribution in [1.29, 1.82) is 0 Å². The van der Waals surface area contributed by atoms with Crippen molar-refractivity contribution >= 4 is 23.3 Å². The Hall–Kier alpha value is -0.640. The Balaban J connectivity index is 2.55. The van der Waals surface area contributed by atoms with Gasteiger partial charge in [-0.15, -0.1) is 0 Å². The van der Waals surface area contributed by atoms with Crippen molar-refractivity contribution in [3.63, 3.8) is 0 Å². The van der Waals surface area contributed by atoms with E-state index in [-0.39, 0.29) is 11.1 Å². The van der Waals surface area contributed by atoms with Gasteiger partial charge in [0.1, 0.15) is 0 Å². The minimum atomic E-state index is -0.287. The highest BCUT2D eigenvalue weighted by Gasteiger charge is 2.14. The number of rotatable bonds is 0. The first-order chi connectivity index (χ1) is 3.29. The van der Waals surface area contributed by atoms with Crippen LogP contribution in [0.15, 0.2) is 0 Å². The van der Waals surface area contributed by atoms with Crippen LogP contribution < -0.4 is 5.32 Å². The largest absolute Gasteiger partial charge is 0.453 e. The third-order valence-corrected chi connectivity index (χ3v) is 0.697. The number of nitrogens with one attached hydrogen (secondary N) is 1. The van der Waals surface area contributed by atoms with Gasteiger partial charge in [0, 0.05) is 0 Å². The summed E-state index contributed by atoms with van der Waals surface area (Å²) in [4.78, 5) is 10.1. The molecule has 1 aliphatic heterocycles. The molecular formula is C3H2NO2S. The molecule has 0 aromatic carbocycles. The Morgan fingerprint density at radius 2 is 2.57 bits per heavy atom. The van der Waals surface area contributed by atoms with E-state index < -0.39 is 0 Å². The molecule has 0 aromatic heterocycles. The smallest absolute Gasteiger partial charge is 0.273 e. The Morgan fingerprint density at radius 3 is 2.71 bits per heavy atom. The Bertz CT molecular complexity index is 108. The number of amides is 1. The SMILES string of the molecule is O=C1[CH]OC(=S)N1. The number of ether oxygens (including phenoxy) is 1. The Kier molecular flexibility index (Phi) is 0.941. The monoisotopic (exact) mass is 116 g/mol. The van der Waals surface area contributed by atoms with E-state index in [1.165, 1.54) is 0 Å². The van der Waals surface area contributed by atoms with Crippen molar-refractivity contribution in [3.05, 3.63) is 6.61 Å². The third kappa shape index (κ3) is 0.866. The van der Waals surface area contributed by atoms with Gasteiger partial charge in [0.05, 0.1) is 0 Å². The highest BCUT2D eigenvalue weighted by Crippen LogP contribution is 1.92. The maximum absolute atomic E-state index is 10.1. The molecule has 1 rings (SSSR count). The van der Waals surface area contributed by atoms with Crippen molar-refractivity contribution in [2.24, 2.45) is 0 Å². The van der Waals surface area contributed by atoms with Crippen molar-refractivity contribution < 1.29 is 9.53 Å². The molecule has 4 heteroatoms. The van der Waals surface area contributed by atoms with Crippen molar-refractivity contribution in [3.8, 4) is 0 Å². The summed E-state index contributed by atoms with van der Waals surface area (Å²) in [5, 5.41) is 2.36. The first kappa shape index (κ1) is 4.52. The van der Waals surface area contributed by atoms with E-state index in [9.17, 15) is 4.79 Å². The summed E-state index contributed by atoms with van der Waals surface area (Å²) in [5.41, 5.74) is 0. The van der Waals surface area contributed by atoms with Gasteiger partial charge in [0.2, 0.25) is 6.61 Å². The van der Waals surface area contributed by atoms with Crippen LogP contribution in [0.4, 0.5) is 0 Å². The van der Waals surface area contributed by atoms with Gasteiger partial charge in [0.25, 0.3) is 11.1 Å². The lowest BCUT2D eigenvalue weighted by Crippen LogP contribution is -2.17. The zero-order chi connectivity index (χ0) is 5.28. The molecule has 1 aliphatic rings. The summed E-state index contributed by atoms with van der Waals surface area (Å²) in [6.45, 7) is 1.03. The molecule has 1 saturated heterocycles. The van der Waals surface area contributed by atoms with Gasteiger partial charge in [-0.05, 0) is 12.2 Å². The molecule has 1 N–H and O–H groups in total. The second kappa shape index (κ2) is 1.46. The fraction of sp³-hybridized carbons (Fsp3) is 0. The highest BCUT2D eigenvalue weighted by atomic mass is 32.1. The lowest BCUT2D eigenvalue weighted by Gasteiger charge is -1.82. The van der Waals surface area contributed by atoms with E-state index >= 15 is 0 Å². The lowest BCUT2D eigenvalue weighted by atomic mass is 10.7. The van der Waals surface area contributed by atoms with E-state index in [1.54, 1.807) is 0 Å². The number of carbonyl (C=O) groups excluding carboxylic acids is 1. The van der Waals surface area contributed by atoms with Gasteiger partial charge in [0.15, 0.2) is 0 Å². The van der Waals surface area contributed by atoms with Gasteiger partial charge in [-0.25, -0.2) is 0 Å². The summed E-state index contributed by atoms with van der Waals surface area (Å²) >= 11 is 4.41. The van der Waals surface area contributed by atoms with E-state index in [0.717, 1.165) is 6.61 Å². The minimum Gasteiger partial charge on any atom is -0.453 e. The molecule has 3 nitrogen and oxygen atoms in total. The highest BCUT2D eigenvalue weighted by molar-refractivity contribution is 7.80. The quantitative estimate of drug-likeness (QED) is 0.437. The predicted molar refractivity (Wildman–Crippen MR) is 26.1 cm³/mol. The van der Waals surface area contributed by atoms with Gasteiger partial charge in [-0.1, -0.05) is 0 Å². The number of thiocarbonyl (C=S) groups is 1. The van der Waals surface area contributed by atoms with Crippen LogP contribution in [0.1, 0.15) is 0 Å². The summed E-state index contributed by atoms with van der Waals surface area (Å²) in [6, 6.07) is 0. The average molecular weight is 116 g/mol. The zero-order valence-electron chi connectivity index (χ0n) is 3.30. The van der Waals surface area contributed by atoms with E-state index in [4.69, 9.17) is 0 Å². The molecule has 0 saturated carbocycles. The van der Waals surface area contributed by atoms with E-state index in [1.807, 2.05) is 0 Å². The molecule has 0 aliphatic carbocycles. The maximum atomic E-state index is 10.1. The topological polar surface area (TPSA) is 38.3 Å². The number of carbonyl (C=O) groups is 1. The van der Waals surface area contributed by atoms with Crippen LogP contribution in [-0.4, -0.2) is 11.1 Å². The molecule has 0 aromatic rings. The molecule has 0 atom stereocenters. The van der Waals surface area contributed by atoms with Gasteiger partial charge < -0.3 is 4.74 Å². The molecule has 1 amide bonds. The number of hydrogen-bond acceptors (Lipinski definition) is 3. The van der Waals surface area contributed by atoms with Crippen molar-refractivity contribution in [1.82, 2.24) is 5.32 Å². The Labute approximate surface area is 45.6 Å². The maximum Gasteiger partial charge on any atom is 0.273 e. The standard InChI is InChI=1S/C3H2NO2S/c5-2-1-6-3(7)4-2/h1H,(H,4,5,7). The molecule has 1 heterocycles. The predicted octanol–water partition coefficient (Wildman–Crippen LogP) is -0.421. The molecule has 7 heavy (non-hydrogen) atoms.